The first kappa shape index (κ1) is 56.8. The van der Waals surface area contributed by atoms with Gasteiger partial charge in [-0.3, -0.25) is 19.2 Å². The van der Waals surface area contributed by atoms with E-state index < -0.39 is 77.8 Å². The van der Waals surface area contributed by atoms with Crippen molar-refractivity contribution >= 4 is 35.6 Å². The van der Waals surface area contributed by atoms with E-state index in [2.05, 4.69) is 16.1 Å². The number of cyclic esters (lactones) is 1. The number of hydrazine groups is 1. The number of hydrogen-bond acceptors (Lipinski definition) is 15. The first-order valence-corrected chi connectivity index (χ1v) is 25.6. The van der Waals surface area contributed by atoms with E-state index in [0.29, 0.717) is 57.1 Å². The van der Waals surface area contributed by atoms with Gasteiger partial charge < -0.3 is 54.4 Å². The van der Waals surface area contributed by atoms with Gasteiger partial charge in [-0.05, 0) is 107 Å². The van der Waals surface area contributed by atoms with E-state index in [0.717, 1.165) is 24.8 Å². The third-order valence-corrected chi connectivity index (χ3v) is 15.5. The average molecular weight is 981 g/mol. The number of ketones is 3. The maximum Gasteiger partial charge on any atom is 0.329 e. The number of ether oxygens (including phenoxy) is 5. The SMILES string of the molecule is CO[C@H]1C[C@@H]2CC[C@@H](C)[C@@](O)(O2)C(=O)C(=O)N2CCCC[C@H]2C(=O)O[C@H]([C@H](C)C[C@@H]2CC[C@H](CN3N=C[N-]N3)[C@H](OC)C2)CC(=O)[C@H](C)/C=C(\C)[C@@H](O)[C@@H](OC)C(=O)[C@H](C)C[C@H](C)/C=C/C=C/C=C/1C. The molecule has 3 fully saturated rings. The summed E-state index contributed by atoms with van der Waals surface area (Å²) in [5.41, 5.74) is 8.10. The number of esters is 1. The van der Waals surface area contributed by atoms with E-state index in [-0.39, 0.29) is 60.7 Å². The molecule has 15 atom stereocenters. The molecule has 70 heavy (non-hydrogen) atoms. The molecule has 0 aromatic rings. The minimum atomic E-state index is -2.43. The van der Waals surface area contributed by atoms with Crippen LogP contribution in [0.1, 0.15) is 126 Å². The number of rotatable bonds is 8. The fraction of sp³-hybridized carbons (Fsp3) is 0.736. The van der Waals surface area contributed by atoms with Crippen LogP contribution in [0, 0.1) is 41.4 Å². The number of nitrogens with zero attached hydrogens (tertiary/aromatic N) is 4. The quantitative estimate of drug-likeness (QED) is 0.135. The molecule has 3 N–H and O–H groups in total. The Balaban J connectivity index is 1.45. The summed E-state index contributed by atoms with van der Waals surface area (Å²) in [6, 6.07) is -1.14. The van der Waals surface area contributed by atoms with Crippen molar-refractivity contribution < 1.29 is 57.9 Å². The van der Waals surface area contributed by atoms with E-state index in [1.165, 1.54) is 18.3 Å². The standard InChI is InChI=1S/C53H83N5O12/c1-32-16-12-11-13-17-33(2)44(66-8)28-41-22-19-38(7)53(65,70-41)50(62)51(63)57-23-15-14-18-42(57)52(64)69-45(29-43(59)34(3)25-37(6)48(61)49(68-10)47(60)36(5)24-32)35(4)26-39-20-21-40(46(27-39)67-9)30-58-55-31-54-56-58/h11-13,16-17,25,31-32,34-36,38-42,44-46,48-49,61,65H,14-15,18-24,26-30H2,1-10H3,(H2,54,55,56,62,63)/p-1/b13-11+,16-12+,33-17+,37-25+/t32-,34-,35-,36-,38-,39+,40-,41+,42+,44+,45+,46-,48-,49+,53-/m1/s1. The van der Waals surface area contributed by atoms with Gasteiger partial charge in [-0.2, -0.15) is 0 Å². The maximum absolute atomic E-state index is 14.5. The third kappa shape index (κ3) is 14.8. The number of piperidine rings is 1. The number of aliphatic hydroxyl groups excluding tert-OH is 1. The second kappa shape index (κ2) is 26.6. The number of allylic oxidation sites excluding steroid dienone is 6. The molecular weight excluding hydrogens is 899 g/mol. The molecule has 17 nitrogen and oxygen atoms in total. The summed E-state index contributed by atoms with van der Waals surface area (Å²) in [7, 11) is 4.67. The van der Waals surface area contributed by atoms with E-state index in [9.17, 15) is 34.2 Å². The number of Topliss-reactive ketones (excluding diaryl/α,β-unsaturated/α-hetero) is 3. The average Bonchev–Trinajstić information content (AvgIpc) is 3.86. The summed E-state index contributed by atoms with van der Waals surface area (Å²) in [5.74, 6) is -7.61. The lowest BCUT2D eigenvalue weighted by atomic mass is 9.75. The Labute approximate surface area is 415 Å². The van der Waals surface area contributed by atoms with Gasteiger partial charge in [0, 0.05) is 70.9 Å². The number of nitrogens with one attached hydrogen (secondary N) is 1. The summed E-state index contributed by atoms with van der Waals surface area (Å²) in [6.07, 6.45) is 14.3. The summed E-state index contributed by atoms with van der Waals surface area (Å²) >= 11 is 0. The lowest BCUT2D eigenvalue weighted by Crippen LogP contribution is -2.61. The summed E-state index contributed by atoms with van der Waals surface area (Å²) in [6.45, 7) is 13.5. The van der Waals surface area contributed by atoms with Gasteiger partial charge in [0.05, 0.1) is 18.3 Å². The fourth-order valence-corrected chi connectivity index (χ4v) is 11.0. The van der Waals surface area contributed by atoms with E-state index in [1.54, 1.807) is 46.2 Å². The summed E-state index contributed by atoms with van der Waals surface area (Å²) in [4.78, 5) is 72.4. The van der Waals surface area contributed by atoms with Gasteiger partial charge >= 0.3 is 5.97 Å². The molecule has 0 spiro atoms. The van der Waals surface area contributed by atoms with Crippen LogP contribution in [0.5, 0.6) is 0 Å². The molecule has 5 rings (SSSR count). The fourth-order valence-electron chi connectivity index (χ4n) is 11.0. The number of aliphatic hydroxyl groups is 2. The molecule has 1 amide bonds. The number of hydrogen-bond donors (Lipinski definition) is 3. The molecule has 4 heterocycles. The Kier molecular flexibility index (Phi) is 21.5. The van der Waals surface area contributed by atoms with Crippen LogP contribution < -0.4 is 5.53 Å². The minimum absolute atomic E-state index is 0.0189. The monoisotopic (exact) mass is 981 g/mol. The maximum atomic E-state index is 14.5. The number of carbonyl (C=O) groups is 5. The zero-order chi connectivity index (χ0) is 51.3. The normalized spacial score (nSPS) is 39.2. The molecule has 392 valence electrons. The van der Waals surface area contributed by atoms with E-state index in [4.69, 9.17) is 23.7 Å². The molecular formula is C53H82N5O12-. The molecule has 1 aliphatic carbocycles. The predicted molar refractivity (Wildman–Crippen MR) is 264 cm³/mol. The predicted octanol–water partition coefficient (Wildman–Crippen LogP) is 6.49. The largest absolute Gasteiger partial charge is 0.460 e. The van der Waals surface area contributed by atoms with Crippen molar-refractivity contribution in [1.29, 1.82) is 0 Å². The van der Waals surface area contributed by atoms with Crippen molar-refractivity contribution in [3.8, 4) is 0 Å². The van der Waals surface area contributed by atoms with Crippen LogP contribution in [0.4, 0.5) is 0 Å². The van der Waals surface area contributed by atoms with Gasteiger partial charge in [-0.25, -0.2) is 10.3 Å². The highest BCUT2D eigenvalue weighted by Gasteiger charge is 2.53. The van der Waals surface area contributed by atoms with Gasteiger partial charge in [0.2, 0.25) is 5.79 Å². The van der Waals surface area contributed by atoms with Crippen LogP contribution in [0.25, 0.3) is 5.43 Å². The molecule has 0 radical (unpaired) electrons. The Morgan fingerprint density at radius 2 is 1.67 bits per heavy atom. The highest BCUT2D eigenvalue weighted by Crippen LogP contribution is 2.39. The van der Waals surface area contributed by atoms with Crippen molar-refractivity contribution in [2.75, 3.05) is 34.4 Å². The highest BCUT2D eigenvalue weighted by molar-refractivity contribution is 6.39. The van der Waals surface area contributed by atoms with E-state index in [1.807, 2.05) is 58.1 Å². The topological polar surface area (TPSA) is 217 Å². The number of fused-ring (bicyclic) bond motifs is 3. The van der Waals surface area contributed by atoms with Crippen molar-refractivity contribution in [1.82, 2.24) is 15.6 Å². The Hall–Kier alpha value is -4.10. The van der Waals surface area contributed by atoms with Gasteiger partial charge in [-0.1, -0.05) is 77.4 Å². The summed E-state index contributed by atoms with van der Waals surface area (Å²) < 4.78 is 30.0. The van der Waals surface area contributed by atoms with Crippen LogP contribution in [-0.4, -0.2) is 139 Å². The molecule has 2 saturated heterocycles. The Morgan fingerprint density at radius 3 is 2.36 bits per heavy atom. The first-order valence-electron chi connectivity index (χ1n) is 25.6. The highest BCUT2D eigenvalue weighted by atomic mass is 16.6. The molecule has 0 aromatic heterocycles. The minimum Gasteiger partial charge on any atom is -0.460 e. The van der Waals surface area contributed by atoms with Crippen LogP contribution in [0.15, 0.2) is 52.7 Å². The summed E-state index contributed by atoms with van der Waals surface area (Å²) in [5, 5.41) is 29.4. The smallest absolute Gasteiger partial charge is 0.329 e. The zero-order valence-electron chi connectivity index (χ0n) is 43.3. The number of amides is 1. The van der Waals surface area contributed by atoms with Crippen molar-refractivity contribution in [2.45, 2.75) is 174 Å². The second-order valence-electron chi connectivity index (χ2n) is 20.8. The lowest BCUT2D eigenvalue weighted by Gasteiger charge is -2.42. The van der Waals surface area contributed by atoms with Gasteiger partial charge in [0.15, 0.2) is 5.78 Å². The number of hydrazone groups is 1. The van der Waals surface area contributed by atoms with E-state index >= 15 is 0 Å². The molecule has 5 aliphatic rings. The van der Waals surface area contributed by atoms with Crippen LogP contribution in [0.3, 0.4) is 0 Å². The number of carbonyl (C=O) groups excluding carboxylic acids is 5. The molecule has 1 saturated carbocycles. The van der Waals surface area contributed by atoms with Crippen LogP contribution in [0.2, 0.25) is 0 Å². The molecule has 17 heteroatoms. The molecule has 4 aliphatic heterocycles. The van der Waals surface area contributed by atoms with Gasteiger partial charge in [-0.15, -0.1) is 0 Å². The Bertz CT molecular complexity index is 1950. The molecule has 0 unspecified atom stereocenters. The number of methoxy groups -OCH3 is 3. The molecule has 2 bridgehead atoms. The lowest BCUT2D eigenvalue weighted by molar-refractivity contribution is -0.265. The molecule has 0 aromatic carbocycles. The second-order valence-corrected chi connectivity index (χ2v) is 20.8. The van der Waals surface area contributed by atoms with Gasteiger partial charge in [0.1, 0.15) is 30.1 Å². The first-order chi connectivity index (χ1) is 33.3. The zero-order valence-corrected chi connectivity index (χ0v) is 43.3. The Morgan fingerprint density at radius 1 is 0.914 bits per heavy atom. The van der Waals surface area contributed by atoms with Crippen molar-refractivity contribution in [3.63, 3.8) is 0 Å². The van der Waals surface area contributed by atoms with Gasteiger partial charge in [0.25, 0.3) is 11.7 Å². The van der Waals surface area contributed by atoms with Crippen LogP contribution in [-0.2, 0) is 47.7 Å². The third-order valence-electron chi connectivity index (χ3n) is 15.5. The van der Waals surface area contributed by atoms with Crippen molar-refractivity contribution in [3.05, 3.63) is 53.0 Å². The van der Waals surface area contributed by atoms with Crippen LogP contribution >= 0.6 is 0 Å². The van der Waals surface area contributed by atoms with Crippen molar-refractivity contribution in [2.24, 2.45) is 46.5 Å².